The van der Waals surface area contributed by atoms with Crippen molar-refractivity contribution in [3.63, 3.8) is 0 Å². The molecule has 0 fully saturated rings. The summed E-state index contributed by atoms with van der Waals surface area (Å²) in [6.45, 7) is 0. The Morgan fingerprint density at radius 3 is 2.19 bits per heavy atom. The van der Waals surface area contributed by atoms with Gasteiger partial charge in [-0.15, -0.1) is 5.10 Å². The first-order valence-electron chi connectivity index (χ1n) is 10.6. The number of anilines is 1. The molecule has 0 radical (unpaired) electrons. The molecule has 196 valence electrons. The molecule has 12 nitrogen and oxygen atoms in total. The minimum atomic E-state index is -4.28. The second-order valence-corrected chi connectivity index (χ2v) is 11.1. The van der Waals surface area contributed by atoms with Crippen molar-refractivity contribution >= 4 is 37.7 Å². The van der Waals surface area contributed by atoms with Crippen LogP contribution >= 0.6 is 0 Å². The number of hydrogen-bond acceptors (Lipinski definition) is 7. The fraction of sp³-hybridized carbons (Fsp3) is 0.130. The molecule has 0 aliphatic carbocycles. The van der Waals surface area contributed by atoms with Crippen molar-refractivity contribution in [2.24, 2.45) is 16.6 Å². The molecule has 0 saturated heterocycles. The van der Waals surface area contributed by atoms with Crippen LogP contribution in [0.2, 0.25) is 0 Å². The van der Waals surface area contributed by atoms with Gasteiger partial charge in [-0.05, 0) is 54.1 Å². The Morgan fingerprint density at radius 2 is 1.62 bits per heavy atom. The van der Waals surface area contributed by atoms with Crippen LogP contribution in [0.15, 0.2) is 93.8 Å². The minimum Gasteiger partial charge on any atom is -0.497 e. The number of carboxylic acid groups (broad SMARTS) is 1. The third kappa shape index (κ3) is 6.75. The lowest BCUT2D eigenvalue weighted by atomic mass is 10.0. The molecule has 14 heteroatoms. The average molecular weight is 548 g/mol. The van der Waals surface area contributed by atoms with Gasteiger partial charge in [-0.25, -0.2) is 13.1 Å². The van der Waals surface area contributed by atoms with Crippen molar-refractivity contribution in [1.82, 2.24) is 4.72 Å². The maximum atomic E-state index is 13.3. The number of benzene rings is 3. The van der Waals surface area contributed by atoms with Crippen LogP contribution < -0.4 is 25.3 Å². The fourth-order valence-electron chi connectivity index (χ4n) is 3.32. The van der Waals surface area contributed by atoms with Crippen LogP contribution in [0.25, 0.3) is 0 Å². The number of carboxylic acids is 1. The molecule has 0 saturated carbocycles. The van der Waals surface area contributed by atoms with Gasteiger partial charge >= 0.3 is 5.97 Å². The van der Waals surface area contributed by atoms with Gasteiger partial charge in [-0.2, -0.15) is 12.8 Å². The van der Waals surface area contributed by atoms with Crippen molar-refractivity contribution in [1.29, 1.82) is 0 Å². The van der Waals surface area contributed by atoms with Gasteiger partial charge in [0.1, 0.15) is 5.75 Å². The SMILES string of the molecule is COc1ccc(S(=O)(=O)NC(CC(=O)O)c2cccc(N(N=C(N)N)S(=O)(=O)c3ccccc3)c2)cc1. The molecule has 0 spiro atoms. The summed E-state index contributed by atoms with van der Waals surface area (Å²) in [5.41, 5.74) is 11.1. The van der Waals surface area contributed by atoms with Gasteiger partial charge in [0.15, 0.2) is 0 Å². The molecule has 3 aromatic rings. The first kappa shape index (κ1) is 27.4. The molecule has 6 N–H and O–H groups in total. The third-order valence-electron chi connectivity index (χ3n) is 5.01. The zero-order chi connectivity index (χ0) is 27.2. The average Bonchev–Trinajstić information content (AvgIpc) is 2.87. The Balaban J connectivity index is 2.05. The van der Waals surface area contributed by atoms with E-state index >= 15 is 0 Å². The highest BCUT2D eigenvalue weighted by molar-refractivity contribution is 7.92. The zero-order valence-corrected chi connectivity index (χ0v) is 21.2. The first-order valence-corrected chi connectivity index (χ1v) is 13.5. The summed E-state index contributed by atoms with van der Waals surface area (Å²) in [7, 11) is -7.02. The van der Waals surface area contributed by atoms with Crippen LogP contribution in [-0.2, 0) is 24.8 Å². The van der Waals surface area contributed by atoms with E-state index in [0.29, 0.717) is 10.2 Å². The molecule has 37 heavy (non-hydrogen) atoms. The molecule has 0 aliphatic rings. The van der Waals surface area contributed by atoms with Gasteiger partial charge in [0, 0.05) is 0 Å². The number of carbonyl (C=O) groups is 1. The van der Waals surface area contributed by atoms with E-state index in [1.807, 2.05) is 0 Å². The van der Waals surface area contributed by atoms with Crippen molar-refractivity contribution in [2.45, 2.75) is 22.3 Å². The number of hydrazone groups is 1. The van der Waals surface area contributed by atoms with E-state index in [1.165, 1.54) is 79.9 Å². The lowest BCUT2D eigenvalue weighted by Gasteiger charge is -2.22. The molecule has 0 aromatic heterocycles. The highest BCUT2D eigenvalue weighted by atomic mass is 32.2. The number of sulfonamides is 2. The standard InChI is InChI=1S/C23H25N5O7S2/c1-35-18-10-12-19(13-11-18)36(31,32)27-21(15-22(29)30)16-6-5-7-17(14-16)28(26-23(24)25)37(33,34)20-8-3-2-4-9-20/h2-14,21,27H,15H2,1H3,(H,29,30)(H4,24,25,26). The molecule has 0 aliphatic heterocycles. The predicted octanol–water partition coefficient (Wildman–Crippen LogP) is 1.57. The van der Waals surface area contributed by atoms with Crippen molar-refractivity contribution in [3.05, 3.63) is 84.4 Å². The maximum Gasteiger partial charge on any atom is 0.305 e. The zero-order valence-electron chi connectivity index (χ0n) is 19.6. The number of methoxy groups -OCH3 is 1. The molecular formula is C23H25N5O7S2. The number of aliphatic carboxylic acids is 1. The van der Waals surface area contributed by atoms with Gasteiger partial charge in [0.05, 0.1) is 35.1 Å². The van der Waals surface area contributed by atoms with Crippen molar-refractivity contribution in [3.8, 4) is 5.75 Å². The molecule has 1 unspecified atom stereocenters. The second kappa shape index (κ2) is 11.3. The van der Waals surface area contributed by atoms with Gasteiger partial charge in [-0.3, -0.25) is 4.79 Å². The largest absolute Gasteiger partial charge is 0.497 e. The summed E-state index contributed by atoms with van der Waals surface area (Å²) in [6.07, 6.45) is -0.632. The van der Waals surface area contributed by atoms with Gasteiger partial charge in [-0.1, -0.05) is 30.3 Å². The van der Waals surface area contributed by atoms with Crippen LogP contribution in [0.3, 0.4) is 0 Å². The Kier molecular flexibility index (Phi) is 8.37. The second-order valence-electron chi connectivity index (χ2n) is 7.63. The van der Waals surface area contributed by atoms with Crippen LogP contribution in [0, 0.1) is 0 Å². The summed E-state index contributed by atoms with van der Waals surface area (Å²) in [6, 6.07) is 17.2. The highest BCUT2D eigenvalue weighted by Gasteiger charge is 2.28. The monoisotopic (exact) mass is 547 g/mol. The smallest absolute Gasteiger partial charge is 0.305 e. The summed E-state index contributed by atoms with van der Waals surface area (Å²) in [5.74, 6) is -1.40. The lowest BCUT2D eigenvalue weighted by molar-refractivity contribution is -0.137. The number of rotatable bonds is 11. The van der Waals surface area contributed by atoms with Crippen LogP contribution in [-0.4, -0.2) is 41.0 Å². The highest BCUT2D eigenvalue weighted by Crippen LogP contribution is 2.29. The molecule has 0 bridgehead atoms. The lowest BCUT2D eigenvalue weighted by Crippen LogP contribution is -2.33. The first-order chi connectivity index (χ1) is 17.4. The Labute approximate surface area is 214 Å². The number of nitrogens with zero attached hydrogens (tertiary/aromatic N) is 2. The fourth-order valence-corrected chi connectivity index (χ4v) is 5.84. The molecular weight excluding hydrogens is 522 g/mol. The van der Waals surface area contributed by atoms with E-state index in [9.17, 15) is 26.7 Å². The Morgan fingerprint density at radius 1 is 0.973 bits per heavy atom. The summed E-state index contributed by atoms with van der Waals surface area (Å²) < 4.78 is 60.6. The van der Waals surface area contributed by atoms with E-state index in [-0.39, 0.29) is 21.0 Å². The van der Waals surface area contributed by atoms with Crippen LogP contribution in [0.4, 0.5) is 5.69 Å². The number of hydrogen-bond donors (Lipinski definition) is 4. The van der Waals surface area contributed by atoms with Gasteiger partial charge in [0.2, 0.25) is 16.0 Å². The molecule has 1 atom stereocenters. The number of guanidine groups is 1. The number of nitrogens with one attached hydrogen (secondary N) is 1. The number of nitrogens with two attached hydrogens (primary N) is 2. The topological polar surface area (TPSA) is 194 Å². The Hall–Kier alpha value is -4.14. The van der Waals surface area contributed by atoms with Gasteiger partial charge < -0.3 is 21.3 Å². The van der Waals surface area contributed by atoms with E-state index in [0.717, 1.165) is 0 Å². The molecule has 0 heterocycles. The van der Waals surface area contributed by atoms with Gasteiger partial charge in [0.25, 0.3) is 10.0 Å². The van der Waals surface area contributed by atoms with E-state index in [4.69, 9.17) is 16.2 Å². The molecule has 3 aromatic carbocycles. The van der Waals surface area contributed by atoms with E-state index in [1.54, 1.807) is 6.07 Å². The summed E-state index contributed by atoms with van der Waals surface area (Å²) >= 11 is 0. The Bertz CT molecular complexity index is 1490. The third-order valence-corrected chi connectivity index (χ3v) is 8.12. The van der Waals surface area contributed by atoms with E-state index in [2.05, 4.69) is 9.82 Å². The van der Waals surface area contributed by atoms with Crippen molar-refractivity contribution in [2.75, 3.05) is 11.5 Å². The van der Waals surface area contributed by atoms with Crippen molar-refractivity contribution < 1.29 is 31.5 Å². The predicted molar refractivity (Wildman–Crippen MR) is 137 cm³/mol. The summed E-state index contributed by atoms with van der Waals surface area (Å²) in [4.78, 5) is 11.4. The molecule has 3 rings (SSSR count). The van der Waals surface area contributed by atoms with Crippen LogP contribution in [0.1, 0.15) is 18.0 Å². The normalized spacial score (nSPS) is 12.4. The van der Waals surface area contributed by atoms with E-state index < -0.39 is 44.4 Å². The summed E-state index contributed by atoms with van der Waals surface area (Å²) in [5, 5.41) is 13.2. The van der Waals surface area contributed by atoms with Crippen LogP contribution in [0.5, 0.6) is 5.75 Å². The minimum absolute atomic E-state index is 0.0474. The maximum absolute atomic E-state index is 13.3. The molecule has 0 amide bonds. The number of ether oxygens (including phenoxy) is 1. The quantitative estimate of drug-likeness (QED) is 0.156.